The highest BCUT2D eigenvalue weighted by molar-refractivity contribution is 5.82. The third-order valence-electron chi connectivity index (χ3n) is 6.56. The molecule has 0 amide bonds. The van der Waals surface area contributed by atoms with E-state index in [9.17, 15) is 4.79 Å². The number of likely N-dealkylation sites (tertiary alicyclic amines) is 1. The lowest BCUT2D eigenvalue weighted by Crippen LogP contribution is -2.50. The SMILES string of the molecule is CC(C)C1CCC(=O)C(CN2CCC[C@H]3CCCC[C@H]32)C1. The van der Waals surface area contributed by atoms with E-state index >= 15 is 0 Å². The van der Waals surface area contributed by atoms with Crippen LogP contribution in [-0.4, -0.2) is 29.8 Å². The fraction of sp³-hybridized carbons (Fsp3) is 0.947. The summed E-state index contributed by atoms with van der Waals surface area (Å²) in [5.41, 5.74) is 0. The van der Waals surface area contributed by atoms with E-state index in [1.54, 1.807) is 0 Å². The Morgan fingerprint density at radius 1 is 1.10 bits per heavy atom. The van der Waals surface area contributed by atoms with Gasteiger partial charge in [-0.05, 0) is 62.8 Å². The summed E-state index contributed by atoms with van der Waals surface area (Å²) in [5, 5.41) is 0. The van der Waals surface area contributed by atoms with E-state index in [1.807, 2.05) is 0 Å². The van der Waals surface area contributed by atoms with Crippen molar-refractivity contribution in [2.45, 2.75) is 77.7 Å². The minimum atomic E-state index is 0.340. The van der Waals surface area contributed by atoms with E-state index in [4.69, 9.17) is 0 Å². The molecule has 1 saturated heterocycles. The van der Waals surface area contributed by atoms with E-state index in [-0.39, 0.29) is 0 Å². The molecule has 21 heavy (non-hydrogen) atoms. The summed E-state index contributed by atoms with van der Waals surface area (Å²) in [6.45, 7) is 6.98. The molecule has 4 atom stereocenters. The van der Waals surface area contributed by atoms with E-state index in [0.717, 1.165) is 49.6 Å². The molecule has 1 heterocycles. The molecule has 0 N–H and O–H groups in total. The largest absolute Gasteiger partial charge is 0.299 e. The second-order valence-corrected chi connectivity index (χ2v) is 8.19. The van der Waals surface area contributed by atoms with Crippen LogP contribution in [0.1, 0.15) is 71.6 Å². The minimum absolute atomic E-state index is 0.340. The Hall–Kier alpha value is -0.370. The molecule has 0 aromatic rings. The van der Waals surface area contributed by atoms with Gasteiger partial charge < -0.3 is 0 Å². The molecule has 0 aromatic heterocycles. The molecule has 2 saturated carbocycles. The first-order chi connectivity index (χ1) is 10.1. The number of carbonyl (C=O) groups is 1. The van der Waals surface area contributed by atoms with Crippen molar-refractivity contribution in [2.24, 2.45) is 23.7 Å². The monoisotopic (exact) mass is 291 g/mol. The van der Waals surface area contributed by atoms with Crippen LogP contribution in [0.5, 0.6) is 0 Å². The molecular formula is C19H33NO. The highest BCUT2D eigenvalue weighted by Crippen LogP contribution is 2.38. The van der Waals surface area contributed by atoms with Gasteiger partial charge in [0.2, 0.25) is 0 Å². The van der Waals surface area contributed by atoms with Gasteiger partial charge in [-0.1, -0.05) is 26.7 Å². The zero-order valence-electron chi connectivity index (χ0n) is 14.0. The lowest BCUT2D eigenvalue weighted by molar-refractivity contribution is -0.127. The van der Waals surface area contributed by atoms with E-state index in [0.29, 0.717) is 11.7 Å². The van der Waals surface area contributed by atoms with Crippen molar-refractivity contribution in [2.75, 3.05) is 13.1 Å². The molecule has 3 fully saturated rings. The molecular weight excluding hydrogens is 258 g/mol. The molecule has 0 bridgehead atoms. The third-order valence-corrected chi connectivity index (χ3v) is 6.56. The van der Waals surface area contributed by atoms with Crippen molar-refractivity contribution in [3.05, 3.63) is 0 Å². The normalized spacial score (nSPS) is 38.5. The number of Topliss-reactive ketones (excluding diaryl/α,β-unsaturated/α-hetero) is 1. The minimum Gasteiger partial charge on any atom is -0.299 e. The van der Waals surface area contributed by atoms with Crippen molar-refractivity contribution < 1.29 is 4.79 Å². The predicted octanol–water partition coefficient (Wildman–Crippen LogP) is 4.28. The van der Waals surface area contributed by atoms with Crippen LogP contribution in [0.25, 0.3) is 0 Å². The van der Waals surface area contributed by atoms with Crippen molar-refractivity contribution in [1.82, 2.24) is 4.90 Å². The van der Waals surface area contributed by atoms with Gasteiger partial charge in [0.05, 0.1) is 0 Å². The first kappa shape index (κ1) is 15.5. The number of carbonyl (C=O) groups excluding carboxylic acids is 1. The average Bonchev–Trinajstić information content (AvgIpc) is 2.49. The quantitative estimate of drug-likeness (QED) is 0.773. The first-order valence-electron chi connectivity index (χ1n) is 9.42. The molecule has 2 nitrogen and oxygen atoms in total. The maximum atomic E-state index is 12.4. The summed E-state index contributed by atoms with van der Waals surface area (Å²) in [5.74, 6) is 3.35. The van der Waals surface area contributed by atoms with Crippen LogP contribution in [0.4, 0.5) is 0 Å². The Morgan fingerprint density at radius 2 is 1.86 bits per heavy atom. The number of fused-ring (bicyclic) bond motifs is 1. The van der Waals surface area contributed by atoms with Crippen molar-refractivity contribution >= 4 is 5.78 Å². The summed E-state index contributed by atoms with van der Waals surface area (Å²) in [7, 11) is 0. The van der Waals surface area contributed by atoms with Crippen molar-refractivity contribution in [1.29, 1.82) is 0 Å². The van der Waals surface area contributed by atoms with Gasteiger partial charge in [-0.2, -0.15) is 0 Å². The van der Waals surface area contributed by atoms with Gasteiger partial charge >= 0.3 is 0 Å². The number of hydrogen-bond donors (Lipinski definition) is 0. The fourth-order valence-corrected chi connectivity index (χ4v) is 5.17. The predicted molar refractivity (Wildman–Crippen MR) is 87.2 cm³/mol. The zero-order valence-corrected chi connectivity index (χ0v) is 14.0. The van der Waals surface area contributed by atoms with Crippen LogP contribution in [0.15, 0.2) is 0 Å². The number of ketones is 1. The Morgan fingerprint density at radius 3 is 2.67 bits per heavy atom. The zero-order chi connectivity index (χ0) is 14.8. The van der Waals surface area contributed by atoms with Crippen molar-refractivity contribution in [3.63, 3.8) is 0 Å². The van der Waals surface area contributed by atoms with Gasteiger partial charge in [0.25, 0.3) is 0 Å². The van der Waals surface area contributed by atoms with E-state index < -0.39 is 0 Å². The standard InChI is InChI=1S/C19H33NO/c1-14(2)16-9-10-19(21)17(12-16)13-20-11-5-7-15-6-3-4-8-18(15)20/h14-18H,3-13H2,1-2H3/t15-,16?,17?,18-/m1/s1. The summed E-state index contributed by atoms with van der Waals surface area (Å²) in [4.78, 5) is 15.1. The van der Waals surface area contributed by atoms with Gasteiger partial charge in [0, 0.05) is 24.9 Å². The average molecular weight is 291 g/mol. The van der Waals surface area contributed by atoms with Gasteiger partial charge in [-0.25, -0.2) is 0 Å². The van der Waals surface area contributed by atoms with Crippen LogP contribution in [0.2, 0.25) is 0 Å². The Kier molecular flexibility index (Phi) is 5.03. The molecule has 3 aliphatic rings. The number of hydrogen-bond acceptors (Lipinski definition) is 2. The third kappa shape index (κ3) is 3.52. The highest BCUT2D eigenvalue weighted by atomic mass is 16.1. The lowest BCUT2D eigenvalue weighted by atomic mass is 9.74. The molecule has 2 aliphatic carbocycles. The molecule has 0 spiro atoms. The molecule has 0 radical (unpaired) electrons. The second kappa shape index (κ2) is 6.81. The summed E-state index contributed by atoms with van der Waals surface area (Å²) in [6, 6.07) is 0.805. The lowest BCUT2D eigenvalue weighted by Gasteiger charge is -2.46. The molecule has 1 aliphatic heterocycles. The van der Waals surface area contributed by atoms with Crippen LogP contribution in [0.3, 0.4) is 0 Å². The van der Waals surface area contributed by atoms with E-state index in [2.05, 4.69) is 18.7 Å². The number of rotatable bonds is 3. The Bertz CT molecular complexity index is 363. The Labute approximate surface area is 130 Å². The summed E-state index contributed by atoms with van der Waals surface area (Å²) in [6.07, 6.45) is 11.6. The van der Waals surface area contributed by atoms with Gasteiger partial charge in [0.15, 0.2) is 0 Å². The van der Waals surface area contributed by atoms with Crippen LogP contribution in [0, 0.1) is 23.7 Å². The number of nitrogens with zero attached hydrogens (tertiary/aromatic N) is 1. The van der Waals surface area contributed by atoms with Crippen molar-refractivity contribution in [3.8, 4) is 0 Å². The van der Waals surface area contributed by atoms with Gasteiger partial charge in [0.1, 0.15) is 5.78 Å². The fourth-order valence-electron chi connectivity index (χ4n) is 5.17. The van der Waals surface area contributed by atoms with Crippen LogP contribution < -0.4 is 0 Å². The highest BCUT2D eigenvalue weighted by Gasteiger charge is 2.37. The summed E-state index contributed by atoms with van der Waals surface area (Å²) >= 11 is 0. The second-order valence-electron chi connectivity index (χ2n) is 8.19. The van der Waals surface area contributed by atoms with Gasteiger partial charge in [-0.15, -0.1) is 0 Å². The number of piperidine rings is 1. The van der Waals surface area contributed by atoms with E-state index in [1.165, 1.54) is 45.1 Å². The van der Waals surface area contributed by atoms with Gasteiger partial charge in [-0.3, -0.25) is 9.69 Å². The molecule has 0 aromatic carbocycles. The summed E-state index contributed by atoms with van der Waals surface area (Å²) < 4.78 is 0. The first-order valence-corrected chi connectivity index (χ1v) is 9.42. The molecule has 120 valence electrons. The smallest absolute Gasteiger partial charge is 0.137 e. The molecule has 3 rings (SSSR count). The molecule has 2 unspecified atom stereocenters. The van der Waals surface area contributed by atoms with Crippen LogP contribution >= 0.6 is 0 Å². The molecule has 2 heteroatoms. The maximum Gasteiger partial charge on any atom is 0.137 e. The van der Waals surface area contributed by atoms with Crippen LogP contribution in [-0.2, 0) is 4.79 Å². The maximum absolute atomic E-state index is 12.4. The Balaban J connectivity index is 1.62. The topological polar surface area (TPSA) is 20.3 Å².